The summed E-state index contributed by atoms with van der Waals surface area (Å²) >= 11 is 0. The number of esters is 1. The summed E-state index contributed by atoms with van der Waals surface area (Å²) in [5.74, 6) is -0.712. The normalized spacial score (nSPS) is 11.0. The summed E-state index contributed by atoms with van der Waals surface area (Å²) in [7, 11) is 1.27. The van der Waals surface area contributed by atoms with Gasteiger partial charge in [-0.2, -0.15) is 0 Å². The quantitative estimate of drug-likeness (QED) is 0.484. The molecule has 28 heavy (non-hydrogen) atoms. The summed E-state index contributed by atoms with van der Waals surface area (Å²) in [4.78, 5) is 16.4. The number of halogens is 1. The van der Waals surface area contributed by atoms with Crippen LogP contribution in [0.15, 0.2) is 42.6 Å². The molecule has 6 heteroatoms. The Morgan fingerprint density at radius 1 is 1.21 bits per heavy atom. The van der Waals surface area contributed by atoms with Crippen molar-refractivity contribution in [1.29, 1.82) is 0 Å². The maximum absolute atomic E-state index is 13.1. The Bertz CT molecular complexity index is 1000. The number of fused-ring (bicyclic) bond motifs is 1. The number of phenols is 1. The van der Waals surface area contributed by atoms with Crippen molar-refractivity contribution in [2.24, 2.45) is 5.92 Å². The number of hydrogen-bond donors (Lipinski definition) is 2. The van der Waals surface area contributed by atoms with Crippen LogP contribution < -0.4 is 5.32 Å². The first-order valence-corrected chi connectivity index (χ1v) is 9.10. The van der Waals surface area contributed by atoms with Gasteiger partial charge in [0.25, 0.3) is 0 Å². The highest BCUT2D eigenvalue weighted by molar-refractivity contribution is 6.05. The van der Waals surface area contributed by atoms with Gasteiger partial charge in [0.15, 0.2) is 5.75 Å². The van der Waals surface area contributed by atoms with Gasteiger partial charge in [-0.15, -0.1) is 0 Å². The molecule has 2 N–H and O–H groups in total. The van der Waals surface area contributed by atoms with Crippen molar-refractivity contribution in [3.05, 3.63) is 65.1 Å². The molecule has 0 radical (unpaired) electrons. The van der Waals surface area contributed by atoms with Crippen LogP contribution in [0.3, 0.4) is 0 Å². The molecule has 0 spiro atoms. The van der Waals surface area contributed by atoms with Crippen LogP contribution in [0.5, 0.6) is 5.75 Å². The lowest BCUT2D eigenvalue weighted by Crippen LogP contribution is -2.10. The molecule has 0 saturated heterocycles. The van der Waals surface area contributed by atoms with Crippen molar-refractivity contribution < 1.29 is 19.0 Å². The second-order valence-corrected chi connectivity index (χ2v) is 7.13. The van der Waals surface area contributed by atoms with E-state index in [2.05, 4.69) is 24.1 Å². The molecule has 0 saturated carbocycles. The van der Waals surface area contributed by atoms with E-state index in [4.69, 9.17) is 4.74 Å². The van der Waals surface area contributed by atoms with E-state index in [1.165, 1.54) is 19.2 Å². The van der Waals surface area contributed by atoms with Crippen LogP contribution in [0.25, 0.3) is 10.9 Å². The molecule has 0 fully saturated rings. The number of aromatic hydroxyl groups is 1. The topological polar surface area (TPSA) is 71.5 Å². The summed E-state index contributed by atoms with van der Waals surface area (Å²) in [6.45, 7) is 4.85. The summed E-state index contributed by atoms with van der Waals surface area (Å²) in [6, 6.07) is 9.83. The van der Waals surface area contributed by atoms with Gasteiger partial charge in [0, 0.05) is 23.8 Å². The minimum Gasteiger partial charge on any atom is -0.505 e. The average molecular weight is 382 g/mol. The lowest BCUT2D eigenvalue weighted by atomic mass is 10.0. The van der Waals surface area contributed by atoms with Crippen LogP contribution in [-0.2, 0) is 11.2 Å². The zero-order valence-corrected chi connectivity index (χ0v) is 16.1. The Morgan fingerprint density at radius 3 is 2.57 bits per heavy atom. The molecule has 0 atom stereocenters. The van der Waals surface area contributed by atoms with E-state index in [-0.39, 0.29) is 17.1 Å². The Hall–Kier alpha value is -3.15. The first-order chi connectivity index (χ1) is 13.4. The predicted molar refractivity (Wildman–Crippen MR) is 107 cm³/mol. The molecule has 1 heterocycles. The second-order valence-electron chi connectivity index (χ2n) is 7.13. The number of methoxy groups -OCH3 is 1. The molecule has 0 bridgehead atoms. The summed E-state index contributed by atoms with van der Waals surface area (Å²) in [5.41, 5.74) is 2.97. The first-order valence-electron chi connectivity index (χ1n) is 9.10. The molecule has 0 unspecified atom stereocenters. The molecular weight excluding hydrogens is 359 g/mol. The van der Waals surface area contributed by atoms with Crippen molar-refractivity contribution >= 4 is 22.6 Å². The minimum atomic E-state index is -0.621. The van der Waals surface area contributed by atoms with Gasteiger partial charge in [0.1, 0.15) is 16.9 Å². The SMILES string of the molecule is COC(=O)c1cc(NCC(C)C)c2cc(Cc3ccc(F)cc3)cnc2c1O. The number of anilines is 1. The monoisotopic (exact) mass is 382 g/mol. The van der Waals surface area contributed by atoms with E-state index in [1.54, 1.807) is 24.4 Å². The standard InChI is InChI=1S/C22H23FN2O3/c1-13(2)11-24-19-10-18(22(27)28-3)21(26)20-17(19)9-15(12-25-20)8-14-4-6-16(23)7-5-14/h4-7,9-10,12-13,24,26H,8,11H2,1-3H3. The Kier molecular flexibility index (Phi) is 5.78. The Morgan fingerprint density at radius 2 is 1.93 bits per heavy atom. The van der Waals surface area contributed by atoms with Crippen molar-refractivity contribution in [2.45, 2.75) is 20.3 Å². The maximum atomic E-state index is 13.1. The van der Waals surface area contributed by atoms with Gasteiger partial charge < -0.3 is 15.2 Å². The molecule has 0 aliphatic rings. The van der Waals surface area contributed by atoms with Gasteiger partial charge in [-0.1, -0.05) is 26.0 Å². The first kappa shape index (κ1) is 19.6. The zero-order chi connectivity index (χ0) is 20.3. The van der Waals surface area contributed by atoms with Crippen LogP contribution in [0, 0.1) is 11.7 Å². The summed E-state index contributed by atoms with van der Waals surface area (Å²) in [6.07, 6.45) is 2.23. The molecule has 0 aliphatic carbocycles. The van der Waals surface area contributed by atoms with Gasteiger partial charge >= 0.3 is 5.97 Å². The fourth-order valence-electron chi connectivity index (χ4n) is 2.98. The van der Waals surface area contributed by atoms with Gasteiger partial charge in [-0.25, -0.2) is 9.18 Å². The third kappa shape index (κ3) is 4.22. The number of benzene rings is 2. The van der Waals surface area contributed by atoms with Crippen LogP contribution >= 0.6 is 0 Å². The highest BCUT2D eigenvalue weighted by Gasteiger charge is 2.19. The minimum absolute atomic E-state index is 0.0695. The summed E-state index contributed by atoms with van der Waals surface area (Å²) in [5, 5.41) is 14.6. The lowest BCUT2D eigenvalue weighted by molar-refractivity contribution is 0.0598. The number of pyridine rings is 1. The number of aromatic nitrogens is 1. The Labute approximate surface area is 163 Å². The summed E-state index contributed by atoms with van der Waals surface area (Å²) < 4.78 is 17.9. The number of rotatable bonds is 6. The molecule has 1 aromatic heterocycles. The predicted octanol–water partition coefficient (Wildman–Crippen LogP) is 4.52. The van der Waals surface area contributed by atoms with Crippen molar-refractivity contribution in [3.8, 4) is 5.75 Å². The lowest BCUT2D eigenvalue weighted by Gasteiger charge is -2.15. The molecule has 3 aromatic rings. The van der Waals surface area contributed by atoms with Crippen LogP contribution in [0.1, 0.15) is 35.3 Å². The van der Waals surface area contributed by atoms with Crippen molar-refractivity contribution in [1.82, 2.24) is 4.98 Å². The van der Waals surface area contributed by atoms with Crippen LogP contribution in [0.2, 0.25) is 0 Å². The maximum Gasteiger partial charge on any atom is 0.341 e. The molecule has 5 nitrogen and oxygen atoms in total. The number of phenolic OH excluding ortho intramolecular Hbond substituents is 1. The number of carbonyl (C=O) groups excluding carboxylic acids is 1. The molecule has 3 rings (SSSR count). The van der Waals surface area contributed by atoms with E-state index in [0.29, 0.717) is 35.5 Å². The van der Waals surface area contributed by atoms with E-state index in [1.807, 2.05) is 6.07 Å². The van der Waals surface area contributed by atoms with Crippen LogP contribution in [-0.4, -0.2) is 29.7 Å². The number of nitrogens with zero attached hydrogens (tertiary/aromatic N) is 1. The largest absolute Gasteiger partial charge is 0.505 e. The molecule has 146 valence electrons. The van der Waals surface area contributed by atoms with Gasteiger partial charge in [0.05, 0.1) is 7.11 Å². The third-order valence-electron chi connectivity index (χ3n) is 4.43. The van der Waals surface area contributed by atoms with Gasteiger partial charge in [-0.3, -0.25) is 4.98 Å². The van der Waals surface area contributed by atoms with Crippen LogP contribution in [0.4, 0.5) is 10.1 Å². The van der Waals surface area contributed by atoms with Crippen molar-refractivity contribution in [2.75, 3.05) is 19.0 Å². The molecule has 2 aromatic carbocycles. The number of hydrogen-bond acceptors (Lipinski definition) is 5. The molecular formula is C22H23FN2O3. The van der Waals surface area contributed by atoms with E-state index >= 15 is 0 Å². The van der Waals surface area contributed by atoms with E-state index in [9.17, 15) is 14.3 Å². The highest BCUT2D eigenvalue weighted by Crippen LogP contribution is 2.34. The molecule has 0 aliphatic heterocycles. The average Bonchev–Trinajstić information content (AvgIpc) is 2.68. The highest BCUT2D eigenvalue weighted by atomic mass is 19.1. The van der Waals surface area contributed by atoms with E-state index < -0.39 is 5.97 Å². The van der Waals surface area contributed by atoms with Crippen molar-refractivity contribution in [3.63, 3.8) is 0 Å². The van der Waals surface area contributed by atoms with Gasteiger partial charge in [-0.05, 0) is 47.7 Å². The number of ether oxygens (including phenoxy) is 1. The third-order valence-corrected chi connectivity index (χ3v) is 4.43. The molecule has 0 amide bonds. The second kappa shape index (κ2) is 8.25. The number of nitrogens with one attached hydrogen (secondary N) is 1. The fraction of sp³-hybridized carbons (Fsp3) is 0.273. The van der Waals surface area contributed by atoms with E-state index in [0.717, 1.165) is 11.1 Å². The number of carbonyl (C=O) groups is 1. The van der Waals surface area contributed by atoms with Gasteiger partial charge in [0.2, 0.25) is 0 Å². The fourth-order valence-corrected chi connectivity index (χ4v) is 2.98. The Balaban J connectivity index is 2.07. The zero-order valence-electron chi connectivity index (χ0n) is 16.1. The smallest absolute Gasteiger partial charge is 0.341 e.